The topological polar surface area (TPSA) is 85.5 Å². The number of nitrogens with two attached hydrogens (primary N) is 1. The number of aromatic nitrogens is 1. The van der Waals surface area contributed by atoms with E-state index in [9.17, 15) is 8.42 Å². The SMILES string of the molecule is CC1CN(S(=O)(=O)c2cc(Cl)cnc2N)C(c2ccccc2)CO1. The van der Waals surface area contributed by atoms with Gasteiger partial charge in [0.2, 0.25) is 10.0 Å². The first-order chi connectivity index (χ1) is 11.4. The largest absolute Gasteiger partial charge is 0.383 e. The normalized spacial score (nSPS) is 22.4. The van der Waals surface area contributed by atoms with Gasteiger partial charge in [0, 0.05) is 12.7 Å². The van der Waals surface area contributed by atoms with Gasteiger partial charge < -0.3 is 10.5 Å². The Morgan fingerprint density at radius 3 is 2.75 bits per heavy atom. The van der Waals surface area contributed by atoms with E-state index in [4.69, 9.17) is 22.1 Å². The number of benzene rings is 1. The third-order valence-corrected chi connectivity index (χ3v) is 6.05. The molecule has 1 saturated heterocycles. The second-order valence-corrected chi connectivity index (χ2v) is 7.98. The van der Waals surface area contributed by atoms with Crippen LogP contribution in [0.3, 0.4) is 0 Å². The summed E-state index contributed by atoms with van der Waals surface area (Å²) in [6, 6.07) is 10.3. The number of morpholine rings is 1. The highest BCUT2D eigenvalue weighted by Crippen LogP contribution is 2.33. The lowest BCUT2D eigenvalue weighted by Crippen LogP contribution is -2.46. The van der Waals surface area contributed by atoms with E-state index in [1.807, 2.05) is 37.3 Å². The number of halogens is 1. The van der Waals surface area contributed by atoms with E-state index < -0.39 is 16.1 Å². The van der Waals surface area contributed by atoms with Crippen LogP contribution >= 0.6 is 11.6 Å². The first kappa shape index (κ1) is 17.2. The van der Waals surface area contributed by atoms with E-state index in [0.29, 0.717) is 0 Å². The molecule has 128 valence electrons. The van der Waals surface area contributed by atoms with Crippen molar-refractivity contribution in [2.75, 3.05) is 18.9 Å². The molecule has 24 heavy (non-hydrogen) atoms. The number of hydrogen-bond acceptors (Lipinski definition) is 5. The lowest BCUT2D eigenvalue weighted by Gasteiger charge is -2.38. The lowest BCUT2D eigenvalue weighted by molar-refractivity contribution is -0.0231. The third kappa shape index (κ3) is 3.25. The summed E-state index contributed by atoms with van der Waals surface area (Å²) < 4.78 is 33.5. The fraction of sp³-hybridized carbons (Fsp3) is 0.312. The van der Waals surface area contributed by atoms with Crippen molar-refractivity contribution in [1.82, 2.24) is 9.29 Å². The van der Waals surface area contributed by atoms with Crippen LogP contribution in [0.4, 0.5) is 5.82 Å². The van der Waals surface area contributed by atoms with Crippen LogP contribution in [-0.4, -0.2) is 37.0 Å². The van der Waals surface area contributed by atoms with Gasteiger partial charge in [-0.1, -0.05) is 41.9 Å². The number of nitrogens with zero attached hydrogens (tertiary/aromatic N) is 2. The maximum atomic E-state index is 13.2. The van der Waals surface area contributed by atoms with E-state index in [1.165, 1.54) is 16.6 Å². The van der Waals surface area contributed by atoms with Gasteiger partial charge in [0.05, 0.1) is 23.8 Å². The molecule has 0 bridgehead atoms. The highest BCUT2D eigenvalue weighted by Gasteiger charge is 2.38. The molecule has 1 aliphatic heterocycles. The van der Waals surface area contributed by atoms with Crippen LogP contribution in [-0.2, 0) is 14.8 Å². The van der Waals surface area contributed by atoms with Crippen molar-refractivity contribution in [3.8, 4) is 0 Å². The Kier molecular flexibility index (Phi) is 4.78. The monoisotopic (exact) mass is 367 g/mol. The van der Waals surface area contributed by atoms with Crippen LogP contribution in [0.15, 0.2) is 47.5 Å². The molecule has 2 N–H and O–H groups in total. The highest BCUT2D eigenvalue weighted by atomic mass is 35.5. The van der Waals surface area contributed by atoms with Gasteiger partial charge in [-0.25, -0.2) is 13.4 Å². The number of rotatable bonds is 3. The molecule has 1 aromatic heterocycles. The minimum absolute atomic E-state index is 0.0645. The second kappa shape index (κ2) is 6.68. The maximum absolute atomic E-state index is 13.2. The zero-order valence-corrected chi connectivity index (χ0v) is 14.7. The lowest BCUT2D eigenvalue weighted by atomic mass is 10.1. The van der Waals surface area contributed by atoms with Gasteiger partial charge in [0.1, 0.15) is 10.7 Å². The van der Waals surface area contributed by atoms with E-state index >= 15 is 0 Å². The number of pyridine rings is 1. The molecule has 8 heteroatoms. The molecule has 1 fully saturated rings. The number of anilines is 1. The predicted octanol–water partition coefficient (Wildman–Crippen LogP) is 2.47. The van der Waals surface area contributed by atoms with Crippen LogP contribution in [0.1, 0.15) is 18.5 Å². The van der Waals surface area contributed by atoms with Gasteiger partial charge in [0.15, 0.2) is 0 Å². The van der Waals surface area contributed by atoms with Crippen molar-refractivity contribution in [3.05, 3.63) is 53.2 Å². The van der Waals surface area contributed by atoms with E-state index in [1.54, 1.807) is 0 Å². The Morgan fingerprint density at radius 2 is 2.04 bits per heavy atom. The fourth-order valence-corrected chi connectivity index (χ4v) is 4.73. The highest BCUT2D eigenvalue weighted by molar-refractivity contribution is 7.89. The van der Waals surface area contributed by atoms with Crippen molar-refractivity contribution in [2.45, 2.75) is 24.0 Å². The van der Waals surface area contributed by atoms with Gasteiger partial charge in [0.25, 0.3) is 0 Å². The van der Waals surface area contributed by atoms with Crippen molar-refractivity contribution in [3.63, 3.8) is 0 Å². The molecule has 6 nitrogen and oxygen atoms in total. The Bertz CT molecular complexity index is 830. The minimum Gasteiger partial charge on any atom is -0.383 e. The Morgan fingerprint density at radius 1 is 1.33 bits per heavy atom. The van der Waals surface area contributed by atoms with E-state index in [2.05, 4.69) is 4.98 Å². The quantitative estimate of drug-likeness (QED) is 0.900. The molecule has 2 heterocycles. The van der Waals surface area contributed by atoms with Crippen LogP contribution in [0, 0.1) is 0 Å². The summed E-state index contributed by atoms with van der Waals surface area (Å²) in [7, 11) is -3.86. The smallest absolute Gasteiger partial charge is 0.247 e. The molecule has 1 aromatic carbocycles. The maximum Gasteiger partial charge on any atom is 0.247 e. The first-order valence-corrected chi connectivity index (χ1v) is 9.31. The zero-order chi connectivity index (χ0) is 17.3. The predicted molar refractivity (Wildman–Crippen MR) is 92.1 cm³/mol. The molecule has 0 saturated carbocycles. The Labute approximate surface area is 146 Å². The molecule has 2 aromatic rings. The van der Waals surface area contributed by atoms with Crippen molar-refractivity contribution < 1.29 is 13.2 Å². The van der Waals surface area contributed by atoms with Crippen molar-refractivity contribution >= 4 is 27.4 Å². The molecule has 1 aliphatic rings. The van der Waals surface area contributed by atoms with Crippen molar-refractivity contribution in [2.24, 2.45) is 0 Å². The van der Waals surface area contributed by atoms with Crippen molar-refractivity contribution in [1.29, 1.82) is 0 Å². The molecule has 2 unspecified atom stereocenters. The Balaban J connectivity index is 2.06. The summed E-state index contributed by atoms with van der Waals surface area (Å²) in [6.07, 6.45) is 1.11. The molecule has 0 aliphatic carbocycles. The summed E-state index contributed by atoms with van der Waals surface area (Å²) in [5.41, 5.74) is 6.66. The van der Waals surface area contributed by atoms with Gasteiger partial charge in [-0.15, -0.1) is 0 Å². The van der Waals surface area contributed by atoms with Crippen LogP contribution in [0.2, 0.25) is 5.02 Å². The summed E-state index contributed by atoms with van der Waals surface area (Å²) in [5.74, 6) is -0.0645. The third-order valence-electron chi connectivity index (χ3n) is 3.94. The van der Waals surface area contributed by atoms with E-state index in [0.717, 1.165) is 5.56 Å². The summed E-state index contributed by atoms with van der Waals surface area (Å²) in [4.78, 5) is 3.79. The van der Waals surface area contributed by atoms with E-state index in [-0.39, 0.29) is 35.0 Å². The minimum atomic E-state index is -3.86. The fourth-order valence-electron chi connectivity index (χ4n) is 2.74. The molecule has 0 amide bonds. The summed E-state index contributed by atoms with van der Waals surface area (Å²) in [5, 5.41) is 0.223. The summed E-state index contributed by atoms with van der Waals surface area (Å²) in [6.45, 7) is 2.34. The average Bonchev–Trinajstić information content (AvgIpc) is 2.57. The standard InChI is InChI=1S/C16H18ClN3O3S/c1-11-9-20(14(10-23-11)12-5-3-2-4-6-12)24(21,22)15-7-13(17)8-19-16(15)18/h2-8,11,14H,9-10H2,1H3,(H2,18,19). The van der Waals surface area contributed by atoms with Crippen LogP contribution in [0.5, 0.6) is 0 Å². The molecule has 0 radical (unpaired) electrons. The Hall–Kier alpha value is -1.67. The van der Waals surface area contributed by atoms with Crippen LogP contribution < -0.4 is 5.73 Å². The number of ether oxygens (including phenoxy) is 1. The van der Waals surface area contributed by atoms with Gasteiger partial charge in [-0.3, -0.25) is 0 Å². The number of nitrogen functional groups attached to an aromatic ring is 1. The van der Waals surface area contributed by atoms with Gasteiger partial charge in [-0.2, -0.15) is 4.31 Å². The van der Waals surface area contributed by atoms with Crippen LogP contribution in [0.25, 0.3) is 0 Å². The zero-order valence-electron chi connectivity index (χ0n) is 13.1. The first-order valence-electron chi connectivity index (χ1n) is 7.49. The molecule has 2 atom stereocenters. The summed E-state index contributed by atoms with van der Waals surface area (Å²) >= 11 is 5.92. The van der Waals surface area contributed by atoms with Gasteiger partial charge >= 0.3 is 0 Å². The molecular formula is C16H18ClN3O3S. The number of hydrogen-bond donors (Lipinski definition) is 1. The molecular weight excluding hydrogens is 350 g/mol. The average molecular weight is 368 g/mol. The number of sulfonamides is 1. The molecule has 0 spiro atoms. The second-order valence-electron chi connectivity index (χ2n) is 5.68. The van der Waals surface area contributed by atoms with Gasteiger partial charge in [-0.05, 0) is 18.6 Å². The molecule has 3 rings (SSSR count).